The van der Waals surface area contributed by atoms with E-state index in [1.54, 1.807) is 30.0 Å². The van der Waals surface area contributed by atoms with Gasteiger partial charge in [0, 0.05) is 48.9 Å². The van der Waals surface area contributed by atoms with Crippen LogP contribution in [0, 0.1) is 12.3 Å². The number of rotatable bonds is 4. The molecule has 174 valence electrons. The zero-order valence-electron chi connectivity index (χ0n) is 18.8. The lowest BCUT2D eigenvalue weighted by Gasteiger charge is -2.31. The third kappa shape index (κ3) is 4.70. The first-order valence-corrected chi connectivity index (χ1v) is 11.6. The number of aromatic nitrogens is 2. The van der Waals surface area contributed by atoms with Gasteiger partial charge in [0.15, 0.2) is 0 Å². The van der Waals surface area contributed by atoms with E-state index in [1.165, 1.54) is 18.4 Å². The predicted molar refractivity (Wildman–Crippen MR) is 125 cm³/mol. The van der Waals surface area contributed by atoms with Gasteiger partial charge in [0.05, 0.1) is 0 Å². The van der Waals surface area contributed by atoms with Gasteiger partial charge in [-0.05, 0) is 73.8 Å². The summed E-state index contributed by atoms with van der Waals surface area (Å²) in [5.41, 5.74) is 10.4. The van der Waals surface area contributed by atoms with E-state index in [-0.39, 0.29) is 31.8 Å². The molecule has 3 aliphatic rings. The summed E-state index contributed by atoms with van der Waals surface area (Å²) in [6, 6.07) is 7.04. The zero-order chi connectivity index (χ0) is 23.2. The third-order valence-electron chi connectivity index (χ3n) is 7.16. The molecule has 1 spiro atoms. The molecule has 2 heterocycles. The summed E-state index contributed by atoms with van der Waals surface area (Å²) in [7, 11) is 0. The number of nitrogens with two attached hydrogens (primary N) is 1. The molecule has 1 saturated carbocycles. The Morgan fingerprint density at radius 2 is 1.85 bits per heavy atom. The number of benzene rings is 1. The van der Waals surface area contributed by atoms with Crippen LogP contribution in [-0.2, 0) is 0 Å². The van der Waals surface area contributed by atoms with Crippen molar-refractivity contribution >= 4 is 28.9 Å². The maximum atomic E-state index is 13.5. The fraction of sp³-hybridized carbons (Fsp3) is 0.480. The summed E-state index contributed by atoms with van der Waals surface area (Å²) in [6.07, 6.45) is 7.56. The number of amides is 1. The zero-order valence-corrected chi connectivity index (χ0v) is 18.8. The Bertz CT molecular complexity index is 1120. The van der Waals surface area contributed by atoms with Crippen LogP contribution in [0.4, 0.5) is 26.2 Å². The van der Waals surface area contributed by atoms with Crippen molar-refractivity contribution in [2.24, 2.45) is 5.41 Å². The minimum absolute atomic E-state index is 0.182. The highest BCUT2D eigenvalue weighted by atomic mass is 19.3. The van der Waals surface area contributed by atoms with E-state index in [2.05, 4.69) is 21.4 Å². The van der Waals surface area contributed by atoms with Crippen LogP contribution < -0.4 is 16.0 Å². The molecule has 3 N–H and O–H groups in total. The van der Waals surface area contributed by atoms with Crippen molar-refractivity contribution < 1.29 is 13.6 Å². The molecule has 1 aliphatic heterocycles. The molecule has 2 aromatic rings. The van der Waals surface area contributed by atoms with Gasteiger partial charge in [0.1, 0.15) is 5.82 Å². The Kier molecular flexibility index (Phi) is 5.34. The number of alkyl halides is 2. The molecule has 5 rings (SSSR count). The average molecular weight is 454 g/mol. The maximum absolute atomic E-state index is 13.5. The van der Waals surface area contributed by atoms with E-state index < -0.39 is 5.92 Å². The second-order valence-electron chi connectivity index (χ2n) is 9.73. The van der Waals surface area contributed by atoms with E-state index in [4.69, 9.17) is 5.73 Å². The number of halogens is 2. The van der Waals surface area contributed by atoms with Crippen molar-refractivity contribution in [2.45, 2.75) is 57.8 Å². The Morgan fingerprint density at radius 1 is 1.09 bits per heavy atom. The second kappa shape index (κ2) is 8.08. The molecule has 6 nitrogen and oxygen atoms in total. The number of allylic oxidation sites excluding steroid dienone is 2. The van der Waals surface area contributed by atoms with Crippen molar-refractivity contribution in [3.8, 4) is 0 Å². The van der Waals surface area contributed by atoms with Crippen LogP contribution in [0.1, 0.15) is 66.6 Å². The number of aryl methyl sites for hydroxylation is 1. The quantitative estimate of drug-likeness (QED) is 0.622. The second-order valence-corrected chi connectivity index (χ2v) is 9.73. The summed E-state index contributed by atoms with van der Waals surface area (Å²) in [5.74, 6) is -2.19. The number of hydrogen-bond acceptors (Lipinski definition) is 5. The Balaban J connectivity index is 1.37. The van der Waals surface area contributed by atoms with Crippen LogP contribution in [0.5, 0.6) is 0 Å². The molecule has 0 radical (unpaired) electrons. The first-order valence-electron chi connectivity index (χ1n) is 11.6. The van der Waals surface area contributed by atoms with Crippen molar-refractivity contribution in [1.29, 1.82) is 0 Å². The summed E-state index contributed by atoms with van der Waals surface area (Å²) in [4.78, 5) is 23.9. The molecule has 2 fully saturated rings. The Morgan fingerprint density at radius 3 is 2.52 bits per heavy atom. The van der Waals surface area contributed by atoms with Gasteiger partial charge in [-0.2, -0.15) is 4.98 Å². The summed E-state index contributed by atoms with van der Waals surface area (Å²) in [6.45, 7) is 2.16. The number of hydrogen-bond donors (Lipinski definition) is 2. The summed E-state index contributed by atoms with van der Waals surface area (Å²) < 4.78 is 27.1. The van der Waals surface area contributed by atoms with Crippen molar-refractivity contribution in [3.05, 3.63) is 47.2 Å². The van der Waals surface area contributed by atoms with Crippen LogP contribution in [-0.4, -0.2) is 34.9 Å². The van der Waals surface area contributed by atoms with Crippen molar-refractivity contribution in [2.75, 3.05) is 29.0 Å². The fourth-order valence-corrected chi connectivity index (χ4v) is 4.82. The minimum Gasteiger partial charge on any atom is -0.399 e. The largest absolute Gasteiger partial charge is 0.399 e. The van der Waals surface area contributed by atoms with Gasteiger partial charge < -0.3 is 16.0 Å². The number of carbonyl (C=O) groups excluding carboxylic acids is 1. The summed E-state index contributed by atoms with van der Waals surface area (Å²) >= 11 is 0. The molecule has 33 heavy (non-hydrogen) atoms. The van der Waals surface area contributed by atoms with Crippen LogP contribution in [0.2, 0.25) is 0 Å². The standard InChI is InChI=1S/C25H29F2N5O/c1-16-14-21(31-23(29-16)32-12-10-25(26,27)11-13-32)30-22(33)19-3-2-18(28)15-20(19)17-4-6-24(7-5-17)8-9-24/h2-4,14-15H,5-13,28H2,1H3,(H,29,30,31,33). The number of piperidine rings is 1. The number of anilines is 3. The molecule has 8 heteroatoms. The topological polar surface area (TPSA) is 84.1 Å². The van der Waals surface area contributed by atoms with Gasteiger partial charge in [0.2, 0.25) is 5.95 Å². The number of carbonyl (C=O) groups is 1. The summed E-state index contributed by atoms with van der Waals surface area (Å²) in [5, 5.41) is 2.89. The van der Waals surface area contributed by atoms with E-state index in [0.29, 0.717) is 34.1 Å². The molecular weight excluding hydrogens is 424 g/mol. The van der Waals surface area contributed by atoms with E-state index in [1.807, 2.05) is 6.07 Å². The van der Waals surface area contributed by atoms with Crippen molar-refractivity contribution in [1.82, 2.24) is 9.97 Å². The van der Waals surface area contributed by atoms with Gasteiger partial charge in [-0.25, -0.2) is 13.8 Å². The minimum atomic E-state index is -2.64. The van der Waals surface area contributed by atoms with Crippen molar-refractivity contribution in [3.63, 3.8) is 0 Å². The van der Waals surface area contributed by atoms with E-state index in [0.717, 1.165) is 24.8 Å². The Hall–Kier alpha value is -3.03. The smallest absolute Gasteiger partial charge is 0.257 e. The average Bonchev–Trinajstić information content (AvgIpc) is 3.52. The first-order chi connectivity index (χ1) is 15.7. The van der Waals surface area contributed by atoms with Gasteiger partial charge in [-0.15, -0.1) is 0 Å². The lowest BCUT2D eigenvalue weighted by Crippen LogP contribution is -2.40. The van der Waals surface area contributed by atoms with E-state index >= 15 is 0 Å². The van der Waals surface area contributed by atoms with Crippen LogP contribution in [0.25, 0.3) is 5.57 Å². The normalized spacial score (nSPS) is 20.9. The molecule has 1 aromatic carbocycles. The van der Waals surface area contributed by atoms with E-state index in [9.17, 15) is 13.6 Å². The maximum Gasteiger partial charge on any atom is 0.257 e. The van der Waals surface area contributed by atoms with Gasteiger partial charge in [0.25, 0.3) is 11.8 Å². The third-order valence-corrected chi connectivity index (χ3v) is 7.16. The molecule has 1 saturated heterocycles. The SMILES string of the molecule is Cc1cc(NC(=O)c2ccc(N)cc2C2=CCC3(CC2)CC3)nc(N2CCC(F)(F)CC2)n1. The van der Waals surface area contributed by atoms with Crippen LogP contribution in [0.15, 0.2) is 30.3 Å². The number of nitrogen functional groups attached to an aromatic ring is 1. The van der Waals surface area contributed by atoms with Gasteiger partial charge in [-0.1, -0.05) is 6.08 Å². The highest BCUT2D eigenvalue weighted by Gasteiger charge is 2.43. The lowest BCUT2D eigenvalue weighted by atomic mass is 9.83. The highest BCUT2D eigenvalue weighted by Crippen LogP contribution is 2.56. The molecule has 0 bridgehead atoms. The molecule has 0 unspecified atom stereocenters. The van der Waals surface area contributed by atoms with Crippen LogP contribution in [0.3, 0.4) is 0 Å². The monoisotopic (exact) mass is 453 g/mol. The predicted octanol–water partition coefficient (Wildman–Crippen LogP) is 5.20. The molecule has 1 aromatic heterocycles. The van der Waals surface area contributed by atoms with Gasteiger partial charge >= 0.3 is 0 Å². The molecule has 2 aliphatic carbocycles. The number of nitrogens with one attached hydrogen (secondary N) is 1. The number of nitrogens with zero attached hydrogens (tertiary/aromatic N) is 3. The Labute approximate surface area is 192 Å². The van der Waals surface area contributed by atoms with Gasteiger partial charge in [-0.3, -0.25) is 4.79 Å². The lowest BCUT2D eigenvalue weighted by molar-refractivity contribution is -0.0222. The molecule has 0 atom stereocenters. The fourth-order valence-electron chi connectivity index (χ4n) is 4.82. The van der Waals surface area contributed by atoms with Crippen LogP contribution >= 0.6 is 0 Å². The molecule has 1 amide bonds. The molecular formula is C25H29F2N5O. The highest BCUT2D eigenvalue weighted by molar-refractivity contribution is 6.07. The first kappa shape index (κ1) is 21.8.